The smallest absolute Gasteiger partial charge is 0.253 e. The molecule has 92 valence electrons. The van der Waals surface area contributed by atoms with Crippen LogP contribution in [0.3, 0.4) is 0 Å². The molecule has 17 heavy (non-hydrogen) atoms. The van der Waals surface area contributed by atoms with E-state index in [1.54, 1.807) is 5.06 Å². The summed E-state index contributed by atoms with van der Waals surface area (Å²) < 4.78 is 0. The molecule has 1 aromatic carbocycles. The zero-order valence-electron chi connectivity index (χ0n) is 9.63. The minimum atomic E-state index is -0.260. The van der Waals surface area contributed by atoms with Crippen LogP contribution in [0.4, 0.5) is 0 Å². The maximum Gasteiger partial charge on any atom is 0.253 e. The van der Waals surface area contributed by atoms with Crippen molar-refractivity contribution in [2.45, 2.75) is 25.5 Å². The Morgan fingerprint density at radius 3 is 2.94 bits per heavy atom. The quantitative estimate of drug-likeness (QED) is 0.455. The van der Waals surface area contributed by atoms with E-state index in [9.17, 15) is 4.79 Å². The number of hydroxylamine groups is 2. The Kier molecular flexibility index (Phi) is 4.08. The van der Waals surface area contributed by atoms with Gasteiger partial charge in [0.25, 0.3) is 5.91 Å². The second-order valence-corrected chi connectivity index (χ2v) is 4.07. The van der Waals surface area contributed by atoms with Gasteiger partial charge in [-0.05, 0) is 18.4 Å². The standard InChI is InChI=1S/C12H17N3O2/c13-14-12(16)11-7-4-8-15(11)17-9-10-5-2-1-3-6-10/h1-3,5-6,11H,4,7-9,13H2,(H,14,16)/t11-/m0/s1. The fourth-order valence-electron chi connectivity index (χ4n) is 1.98. The molecule has 1 fully saturated rings. The van der Waals surface area contributed by atoms with Gasteiger partial charge >= 0.3 is 0 Å². The molecule has 1 aliphatic heterocycles. The predicted molar refractivity (Wildman–Crippen MR) is 63.3 cm³/mol. The van der Waals surface area contributed by atoms with Crippen molar-refractivity contribution in [2.75, 3.05) is 6.54 Å². The van der Waals surface area contributed by atoms with Crippen LogP contribution in [0.5, 0.6) is 0 Å². The maximum absolute atomic E-state index is 11.5. The lowest BCUT2D eigenvalue weighted by Gasteiger charge is -2.22. The van der Waals surface area contributed by atoms with Crippen LogP contribution in [0.2, 0.25) is 0 Å². The van der Waals surface area contributed by atoms with Gasteiger partial charge in [0.15, 0.2) is 0 Å². The summed E-state index contributed by atoms with van der Waals surface area (Å²) in [5.41, 5.74) is 3.26. The number of hydrazine groups is 1. The Morgan fingerprint density at radius 1 is 1.47 bits per heavy atom. The lowest BCUT2D eigenvalue weighted by molar-refractivity contribution is -0.184. The van der Waals surface area contributed by atoms with Gasteiger partial charge in [-0.15, -0.1) is 0 Å². The average molecular weight is 235 g/mol. The summed E-state index contributed by atoms with van der Waals surface area (Å²) in [4.78, 5) is 17.1. The largest absolute Gasteiger partial charge is 0.293 e. The molecule has 1 saturated heterocycles. The van der Waals surface area contributed by atoms with Crippen LogP contribution >= 0.6 is 0 Å². The zero-order valence-corrected chi connectivity index (χ0v) is 9.63. The average Bonchev–Trinajstić information content (AvgIpc) is 2.85. The first-order valence-corrected chi connectivity index (χ1v) is 5.75. The number of hydrogen-bond donors (Lipinski definition) is 2. The van der Waals surface area contributed by atoms with Gasteiger partial charge in [-0.1, -0.05) is 30.3 Å². The van der Waals surface area contributed by atoms with E-state index in [1.165, 1.54) is 0 Å². The van der Waals surface area contributed by atoms with Crippen molar-refractivity contribution in [1.82, 2.24) is 10.5 Å². The first-order chi connectivity index (χ1) is 8.31. The van der Waals surface area contributed by atoms with Gasteiger partial charge in [-0.3, -0.25) is 15.1 Å². The summed E-state index contributed by atoms with van der Waals surface area (Å²) in [5, 5.41) is 1.72. The fraction of sp³-hybridized carbons (Fsp3) is 0.417. The van der Waals surface area contributed by atoms with Crippen LogP contribution in [0.1, 0.15) is 18.4 Å². The minimum Gasteiger partial charge on any atom is -0.293 e. The van der Waals surface area contributed by atoms with E-state index in [2.05, 4.69) is 5.43 Å². The number of benzene rings is 1. The molecule has 0 saturated carbocycles. The number of hydrogen-bond acceptors (Lipinski definition) is 4. The lowest BCUT2D eigenvalue weighted by atomic mass is 10.2. The van der Waals surface area contributed by atoms with Gasteiger partial charge in [0.2, 0.25) is 0 Å². The first-order valence-electron chi connectivity index (χ1n) is 5.75. The topological polar surface area (TPSA) is 67.6 Å². The molecule has 0 radical (unpaired) electrons. The maximum atomic E-state index is 11.5. The van der Waals surface area contributed by atoms with Crippen LogP contribution < -0.4 is 11.3 Å². The molecule has 1 heterocycles. The number of amides is 1. The number of nitrogens with zero attached hydrogens (tertiary/aromatic N) is 1. The van der Waals surface area contributed by atoms with Crippen molar-refractivity contribution in [3.8, 4) is 0 Å². The highest BCUT2D eigenvalue weighted by atomic mass is 16.7. The summed E-state index contributed by atoms with van der Waals surface area (Å²) in [6, 6.07) is 9.62. The molecule has 3 N–H and O–H groups in total. The summed E-state index contributed by atoms with van der Waals surface area (Å²) in [6.07, 6.45) is 1.74. The van der Waals surface area contributed by atoms with Gasteiger partial charge < -0.3 is 0 Å². The van der Waals surface area contributed by atoms with Crippen molar-refractivity contribution < 1.29 is 9.63 Å². The van der Waals surface area contributed by atoms with Crippen LogP contribution in [-0.4, -0.2) is 23.6 Å². The van der Waals surface area contributed by atoms with E-state index >= 15 is 0 Å². The number of carbonyl (C=O) groups excluding carboxylic acids is 1. The van der Waals surface area contributed by atoms with Gasteiger partial charge in [-0.25, -0.2) is 5.84 Å². The van der Waals surface area contributed by atoms with E-state index in [1.807, 2.05) is 30.3 Å². The van der Waals surface area contributed by atoms with Gasteiger partial charge in [-0.2, -0.15) is 5.06 Å². The molecule has 0 spiro atoms. The van der Waals surface area contributed by atoms with Crippen LogP contribution in [0, 0.1) is 0 Å². The Balaban J connectivity index is 1.88. The van der Waals surface area contributed by atoms with Gasteiger partial charge in [0, 0.05) is 6.54 Å². The van der Waals surface area contributed by atoms with Gasteiger partial charge in [0.1, 0.15) is 6.04 Å². The van der Waals surface area contributed by atoms with Crippen LogP contribution in [-0.2, 0) is 16.2 Å². The second kappa shape index (κ2) is 5.77. The van der Waals surface area contributed by atoms with E-state index in [0.717, 1.165) is 24.9 Å². The number of carbonyl (C=O) groups is 1. The van der Waals surface area contributed by atoms with Crippen LogP contribution in [0.25, 0.3) is 0 Å². The summed E-state index contributed by atoms with van der Waals surface area (Å²) in [7, 11) is 0. The molecule has 1 amide bonds. The van der Waals surface area contributed by atoms with Crippen molar-refractivity contribution in [3.63, 3.8) is 0 Å². The summed E-state index contributed by atoms with van der Waals surface area (Å²) >= 11 is 0. The molecule has 0 aromatic heterocycles. The molecule has 5 heteroatoms. The van der Waals surface area contributed by atoms with Gasteiger partial charge in [0.05, 0.1) is 6.61 Å². The third kappa shape index (κ3) is 3.03. The molecule has 0 unspecified atom stereocenters. The molecule has 1 atom stereocenters. The molecule has 5 nitrogen and oxygen atoms in total. The second-order valence-electron chi connectivity index (χ2n) is 4.07. The molecule has 1 aliphatic rings. The predicted octanol–water partition coefficient (Wildman–Crippen LogP) is 0.572. The number of nitrogens with one attached hydrogen (secondary N) is 1. The van der Waals surface area contributed by atoms with Crippen molar-refractivity contribution in [1.29, 1.82) is 0 Å². The molecular formula is C12H17N3O2. The molecule has 0 bridgehead atoms. The van der Waals surface area contributed by atoms with Crippen molar-refractivity contribution >= 4 is 5.91 Å². The minimum absolute atomic E-state index is 0.185. The van der Waals surface area contributed by atoms with E-state index < -0.39 is 0 Å². The lowest BCUT2D eigenvalue weighted by Crippen LogP contribution is -2.45. The normalized spacial score (nSPS) is 20.4. The first kappa shape index (κ1) is 12.0. The molecular weight excluding hydrogens is 218 g/mol. The summed E-state index contributed by atoms with van der Waals surface area (Å²) in [6.45, 7) is 1.25. The third-order valence-corrected chi connectivity index (χ3v) is 2.89. The zero-order chi connectivity index (χ0) is 12.1. The third-order valence-electron chi connectivity index (χ3n) is 2.89. The number of rotatable bonds is 4. The number of nitrogens with two attached hydrogens (primary N) is 1. The fourth-order valence-corrected chi connectivity index (χ4v) is 1.98. The molecule has 2 rings (SSSR count). The Hall–Kier alpha value is -1.43. The van der Waals surface area contributed by atoms with E-state index in [-0.39, 0.29) is 11.9 Å². The molecule has 0 aliphatic carbocycles. The Labute approximate surface area is 100 Å². The Bertz CT molecular complexity index is 369. The van der Waals surface area contributed by atoms with Crippen molar-refractivity contribution in [2.24, 2.45) is 5.84 Å². The molecule has 1 aromatic rings. The Morgan fingerprint density at radius 2 is 2.24 bits per heavy atom. The highest BCUT2D eigenvalue weighted by Crippen LogP contribution is 2.18. The monoisotopic (exact) mass is 235 g/mol. The van der Waals surface area contributed by atoms with Crippen LogP contribution in [0.15, 0.2) is 30.3 Å². The highest BCUT2D eigenvalue weighted by molar-refractivity contribution is 5.81. The highest BCUT2D eigenvalue weighted by Gasteiger charge is 2.31. The summed E-state index contributed by atoms with van der Waals surface area (Å²) in [5.74, 6) is 4.95. The van der Waals surface area contributed by atoms with E-state index in [0.29, 0.717) is 6.61 Å². The SMILES string of the molecule is NNC(=O)[C@@H]1CCCN1OCc1ccccc1. The van der Waals surface area contributed by atoms with Crippen molar-refractivity contribution in [3.05, 3.63) is 35.9 Å². The van der Waals surface area contributed by atoms with E-state index in [4.69, 9.17) is 10.7 Å².